The number of furan rings is 1. The van der Waals surface area contributed by atoms with Gasteiger partial charge in [-0.25, -0.2) is 0 Å². The van der Waals surface area contributed by atoms with Crippen LogP contribution in [-0.4, -0.2) is 24.5 Å². The number of para-hydroxylation sites is 1. The van der Waals surface area contributed by atoms with Crippen molar-refractivity contribution in [3.63, 3.8) is 0 Å². The minimum absolute atomic E-state index is 0.633. The zero-order valence-corrected chi connectivity index (χ0v) is 9.98. The fraction of sp³-hybridized carbons (Fsp3) is 0.467. The standard InChI is InChI=1S/C15H17NO/c1-2-6-14-12(5-1)13-7-9-16-8-3-4-11(10-16)15(13)17-14/h1-2,5-6,11H,3-4,7-10H2. The highest BCUT2D eigenvalue weighted by molar-refractivity contribution is 5.82. The van der Waals surface area contributed by atoms with Crippen molar-refractivity contribution in [2.24, 2.45) is 0 Å². The third-order valence-corrected chi connectivity index (χ3v) is 4.28. The van der Waals surface area contributed by atoms with Gasteiger partial charge >= 0.3 is 0 Å². The Morgan fingerprint density at radius 3 is 3.12 bits per heavy atom. The molecule has 88 valence electrons. The molecule has 0 N–H and O–H groups in total. The Hall–Kier alpha value is -1.28. The van der Waals surface area contributed by atoms with Crippen molar-refractivity contribution in [1.29, 1.82) is 0 Å². The largest absolute Gasteiger partial charge is 0.460 e. The normalized spacial score (nSPS) is 27.8. The van der Waals surface area contributed by atoms with Gasteiger partial charge in [0.1, 0.15) is 11.3 Å². The average molecular weight is 227 g/mol. The lowest BCUT2D eigenvalue weighted by Crippen LogP contribution is -2.33. The Morgan fingerprint density at radius 2 is 2.12 bits per heavy atom. The summed E-state index contributed by atoms with van der Waals surface area (Å²) in [5.74, 6) is 1.92. The second-order valence-corrected chi connectivity index (χ2v) is 5.33. The van der Waals surface area contributed by atoms with Gasteiger partial charge in [-0.15, -0.1) is 0 Å². The van der Waals surface area contributed by atoms with Gasteiger partial charge in [0, 0.05) is 30.0 Å². The molecule has 0 radical (unpaired) electrons. The first-order chi connectivity index (χ1) is 8.42. The SMILES string of the molecule is c1ccc2c3c(oc2c1)C1CCCN(CC3)C1. The maximum atomic E-state index is 6.13. The van der Waals surface area contributed by atoms with Crippen molar-refractivity contribution in [3.8, 4) is 0 Å². The molecule has 2 atom stereocenters. The summed E-state index contributed by atoms with van der Waals surface area (Å²) >= 11 is 0. The molecule has 2 nitrogen and oxygen atoms in total. The smallest absolute Gasteiger partial charge is 0.134 e. The molecule has 0 amide bonds. The number of nitrogens with zero attached hydrogens (tertiary/aromatic N) is 1. The number of piperidine rings is 1. The van der Waals surface area contributed by atoms with Gasteiger partial charge in [0.2, 0.25) is 0 Å². The van der Waals surface area contributed by atoms with Gasteiger partial charge in [-0.2, -0.15) is 0 Å². The Kier molecular flexibility index (Phi) is 2.06. The highest BCUT2D eigenvalue weighted by atomic mass is 16.3. The number of fused-ring (bicyclic) bond motifs is 6. The van der Waals surface area contributed by atoms with Gasteiger partial charge in [-0.05, 0) is 31.9 Å². The third-order valence-electron chi connectivity index (χ3n) is 4.28. The molecule has 2 aliphatic rings. The molecule has 1 aromatic carbocycles. The van der Waals surface area contributed by atoms with Gasteiger partial charge in [-0.1, -0.05) is 18.2 Å². The lowest BCUT2D eigenvalue weighted by atomic mass is 9.94. The van der Waals surface area contributed by atoms with Crippen LogP contribution in [-0.2, 0) is 6.42 Å². The molecule has 0 saturated carbocycles. The van der Waals surface area contributed by atoms with E-state index >= 15 is 0 Å². The van der Waals surface area contributed by atoms with Crippen LogP contribution in [0.2, 0.25) is 0 Å². The van der Waals surface area contributed by atoms with Gasteiger partial charge in [0.05, 0.1) is 0 Å². The first-order valence-corrected chi connectivity index (χ1v) is 6.64. The van der Waals surface area contributed by atoms with Crippen LogP contribution in [0, 0.1) is 0 Å². The van der Waals surface area contributed by atoms with Crippen LogP contribution in [0.1, 0.15) is 30.1 Å². The van der Waals surface area contributed by atoms with E-state index < -0.39 is 0 Å². The number of rotatable bonds is 0. The topological polar surface area (TPSA) is 16.4 Å². The van der Waals surface area contributed by atoms with Crippen LogP contribution in [0.3, 0.4) is 0 Å². The quantitative estimate of drug-likeness (QED) is 0.687. The zero-order chi connectivity index (χ0) is 11.2. The minimum Gasteiger partial charge on any atom is -0.460 e. The Balaban J connectivity index is 1.91. The van der Waals surface area contributed by atoms with Crippen molar-refractivity contribution in [1.82, 2.24) is 4.90 Å². The number of hydrogen-bond donors (Lipinski definition) is 0. The van der Waals surface area contributed by atoms with Crippen LogP contribution in [0.15, 0.2) is 28.7 Å². The second kappa shape index (κ2) is 3.61. The summed E-state index contributed by atoms with van der Waals surface area (Å²) in [6, 6.07) is 8.50. The van der Waals surface area contributed by atoms with E-state index in [1.165, 1.54) is 49.2 Å². The van der Waals surface area contributed by atoms with Crippen molar-refractivity contribution >= 4 is 11.0 Å². The van der Waals surface area contributed by atoms with E-state index in [0.29, 0.717) is 5.92 Å². The monoisotopic (exact) mass is 227 g/mol. The molecule has 1 saturated heterocycles. The maximum Gasteiger partial charge on any atom is 0.134 e. The molecule has 2 aromatic rings. The first kappa shape index (κ1) is 9.72. The second-order valence-electron chi connectivity index (χ2n) is 5.33. The van der Waals surface area contributed by atoms with E-state index in [4.69, 9.17) is 4.42 Å². The van der Waals surface area contributed by atoms with Gasteiger partial charge < -0.3 is 9.32 Å². The molecule has 2 unspecified atom stereocenters. The fourth-order valence-electron chi connectivity index (χ4n) is 3.45. The molecule has 0 spiro atoms. The van der Waals surface area contributed by atoms with Crippen LogP contribution in [0.4, 0.5) is 0 Å². The molecule has 17 heavy (non-hydrogen) atoms. The van der Waals surface area contributed by atoms with Crippen LogP contribution in [0.5, 0.6) is 0 Å². The van der Waals surface area contributed by atoms with Gasteiger partial charge in [0.15, 0.2) is 0 Å². The van der Waals surface area contributed by atoms with E-state index in [1.807, 2.05) is 0 Å². The summed E-state index contributed by atoms with van der Waals surface area (Å²) in [5.41, 5.74) is 2.56. The van der Waals surface area contributed by atoms with Crippen LogP contribution < -0.4 is 0 Å². The van der Waals surface area contributed by atoms with Crippen molar-refractivity contribution in [2.75, 3.05) is 19.6 Å². The lowest BCUT2D eigenvalue weighted by Gasteiger charge is -2.29. The molecule has 1 fully saturated rings. The van der Waals surface area contributed by atoms with Crippen molar-refractivity contribution in [3.05, 3.63) is 35.6 Å². The summed E-state index contributed by atoms with van der Waals surface area (Å²) in [5, 5.41) is 1.34. The molecule has 2 bridgehead atoms. The lowest BCUT2D eigenvalue weighted by molar-refractivity contribution is 0.210. The molecule has 3 heterocycles. The first-order valence-electron chi connectivity index (χ1n) is 6.64. The zero-order valence-electron chi connectivity index (χ0n) is 9.98. The molecular weight excluding hydrogens is 210 g/mol. The predicted octanol–water partition coefficient (Wildman–Crippen LogP) is 3.17. The molecule has 0 aliphatic carbocycles. The van der Waals surface area contributed by atoms with E-state index in [2.05, 4.69) is 29.2 Å². The summed E-state index contributed by atoms with van der Waals surface area (Å²) in [6.07, 6.45) is 3.77. The summed E-state index contributed by atoms with van der Waals surface area (Å²) in [6.45, 7) is 3.68. The van der Waals surface area contributed by atoms with Gasteiger partial charge in [-0.3, -0.25) is 0 Å². The van der Waals surface area contributed by atoms with E-state index in [0.717, 1.165) is 12.0 Å². The summed E-state index contributed by atoms with van der Waals surface area (Å²) in [4.78, 5) is 2.60. The number of hydrogen-bond acceptors (Lipinski definition) is 2. The highest BCUT2D eigenvalue weighted by Crippen LogP contribution is 2.38. The molecule has 2 aliphatic heterocycles. The summed E-state index contributed by atoms with van der Waals surface area (Å²) < 4.78 is 6.13. The Labute approximate surface area is 101 Å². The molecule has 1 aromatic heterocycles. The van der Waals surface area contributed by atoms with E-state index in [1.54, 1.807) is 0 Å². The van der Waals surface area contributed by atoms with E-state index in [9.17, 15) is 0 Å². The van der Waals surface area contributed by atoms with Gasteiger partial charge in [0.25, 0.3) is 0 Å². The molecular formula is C15H17NO. The predicted molar refractivity (Wildman–Crippen MR) is 68.3 cm³/mol. The average Bonchev–Trinajstić information content (AvgIpc) is 2.70. The number of benzene rings is 1. The fourth-order valence-corrected chi connectivity index (χ4v) is 3.45. The molecule has 4 rings (SSSR count). The summed E-state index contributed by atoms with van der Waals surface area (Å²) in [7, 11) is 0. The maximum absolute atomic E-state index is 6.13. The third kappa shape index (κ3) is 1.44. The highest BCUT2D eigenvalue weighted by Gasteiger charge is 2.30. The molecule has 2 heteroatoms. The van der Waals surface area contributed by atoms with E-state index in [-0.39, 0.29) is 0 Å². The Bertz CT molecular complexity index is 557. The van der Waals surface area contributed by atoms with Crippen molar-refractivity contribution < 1.29 is 4.42 Å². The Morgan fingerprint density at radius 1 is 1.18 bits per heavy atom. The van der Waals surface area contributed by atoms with Crippen LogP contribution >= 0.6 is 0 Å². The minimum atomic E-state index is 0.633. The van der Waals surface area contributed by atoms with Crippen LogP contribution in [0.25, 0.3) is 11.0 Å². The van der Waals surface area contributed by atoms with Crippen molar-refractivity contribution in [2.45, 2.75) is 25.2 Å².